The van der Waals surface area contributed by atoms with E-state index < -0.39 is 4.92 Å². The monoisotopic (exact) mass is 285 g/mol. The zero-order chi connectivity index (χ0) is 12.3. The molecular formula is C11H12BrNO3. The smallest absolute Gasteiger partial charge is 0.272 e. The fourth-order valence-corrected chi connectivity index (χ4v) is 1.69. The summed E-state index contributed by atoms with van der Waals surface area (Å²) in [5.74, 6) is -0.0652. The van der Waals surface area contributed by atoms with E-state index in [2.05, 4.69) is 15.9 Å². The molecule has 1 aromatic carbocycles. The molecule has 0 amide bonds. The number of Topliss-reactive ketones (excluding diaryl/α,β-unsaturated/α-hetero) is 1. The number of carbonyl (C=O) groups is 1. The second kappa shape index (κ2) is 5.21. The van der Waals surface area contributed by atoms with Gasteiger partial charge in [0.15, 0.2) is 5.78 Å². The molecule has 0 saturated carbocycles. The second-order valence-electron chi connectivity index (χ2n) is 3.43. The predicted octanol–water partition coefficient (Wildman–Crippen LogP) is 3.12. The van der Waals surface area contributed by atoms with Crippen LogP contribution in [0, 0.1) is 10.1 Å². The highest BCUT2D eigenvalue weighted by atomic mass is 79.9. The van der Waals surface area contributed by atoms with Crippen molar-refractivity contribution in [1.29, 1.82) is 0 Å². The van der Waals surface area contributed by atoms with Gasteiger partial charge in [0.25, 0.3) is 5.69 Å². The molecule has 0 radical (unpaired) electrons. The summed E-state index contributed by atoms with van der Waals surface area (Å²) in [4.78, 5) is 21.7. The molecule has 4 nitrogen and oxygen atoms in total. The van der Waals surface area contributed by atoms with Gasteiger partial charge in [0, 0.05) is 17.2 Å². The zero-order valence-corrected chi connectivity index (χ0v) is 10.7. The Balaban J connectivity index is 3.19. The molecule has 0 N–H and O–H groups in total. The Bertz CT molecular complexity index is 429. The highest BCUT2D eigenvalue weighted by Gasteiger charge is 2.17. The number of nitrogens with zero attached hydrogens (tertiary/aromatic N) is 1. The molecule has 0 spiro atoms. The molecule has 0 aliphatic carbocycles. The summed E-state index contributed by atoms with van der Waals surface area (Å²) >= 11 is 3.19. The molecule has 1 unspecified atom stereocenters. The maximum Gasteiger partial charge on any atom is 0.272 e. The summed E-state index contributed by atoms with van der Waals surface area (Å²) in [5.41, 5.74) is 1.16. The van der Waals surface area contributed by atoms with Gasteiger partial charge in [-0.05, 0) is 25.5 Å². The summed E-state index contributed by atoms with van der Waals surface area (Å²) in [7, 11) is 0. The van der Waals surface area contributed by atoms with E-state index in [1.165, 1.54) is 12.1 Å². The van der Waals surface area contributed by atoms with Gasteiger partial charge in [-0.3, -0.25) is 14.9 Å². The van der Waals surface area contributed by atoms with Crippen molar-refractivity contribution in [3.63, 3.8) is 0 Å². The molecule has 16 heavy (non-hydrogen) atoms. The Kier molecular flexibility index (Phi) is 4.18. The minimum Gasteiger partial charge on any atom is -0.293 e. The second-order valence-corrected chi connectivity index (χ2v) is 4.81. The third-order valence-corrected chi connectivity index (χ3v) is 2.72. The van der Waals surface area contributed by atoms with Crippen molar-refractivity contribution < 1.29 is 9.72 Å². The number of rotatable bonds is 4. The number of halogens is 1. The van der Waals surface area contributed by atoms with E-state index in [9.17, 15) is 14.9 Å². The fourth-order valence-electron chi connectivity index (χ4n) is 1.43. The van der Waals surface area contributed by atoms with Crippen LogP contribution in [-0.4, -0.2) is 15.5 Å². The van der Waals surface area contributed by atoms with Gasteiger partial charge in [-0.25, -0.2) is 0 Å². The van der Waals surface area contributed by atoms with Gasteiger partial charge >= 0.3 is 0 Å². The Morgan fingerprint density at radius 1 is 1.56 bits per heavy atom. The minimum absolute atomic E-state index is 0.0652. The Morgan fingerprint density at radius 2 is 2.19 bits per heavy atom. The van der Waals surface area contributed by atoms with Gasteiger partial charge < -0.3 is 0 Å². The van der Waals surface area contributed by atoms with E-state index in [1.54, 1.807) is 13.0 Å². The van der Waals surface area contributed by atoms with Gasteiger partial charge in [-0.2, -0.15) is 0 Å². The normalized spacial score (nSPS) is 12.2. The lowest BCUT2D eigenvalue weighted by atomic mass is 10.0. The first-order valence-corrected chi connectivity index (χ1v) is 5.84. The maximum atomic E-state index is 11.7. The van der Waals surface area contributed by atoms with Crippen molar-refractivity contribution in [2.24, 2.45) is 0 Å². The van der Waals surface area contributed by atoms with Crippen LogP contribution in [0.1, 0.15) is 29.8 Å². The molecular weight excluding hydrogens is 274 g/mol. The van der Waals surface area contributed by atoms with Crippen LogP contribution in [-0.2, 0) is 6.42 Å². The molecule has 1 rings (SSSR count). The molecule has 1 atom stereocenters. The lowest BCUT2D eigenvalue weighted by molar-refractivity contribution is -0.385. The number of benzene rings is 1. The molecule has 0 saturated heterocycles. The molecule has 86 valence electrons. The Hall–Kier alpha value is -1.23. The SMILES string of the molecule is CCc1cc(C(=O)C(C)Br)ccc1[N+](=O)[O-]. The molecule has 0 aromatic heterocycles. The first-order valence-electron chi connectivity index (χ1n) is 4.93. The lowest BCUT2D eigenvalue weighted by Gasteiger charge is -2.05. The van der Waals surface area contributed by atoms with Crippen LogP contribution >= 0.6 is 15.9 Å². The van der Waals surface area contributed by atoms with E-state index in [4.69, 9.17) is 0 Å². The molecule has 1 aromatic rings. The number of hydrogen-bond acceptors (Lipinski definition) is 3. The third kappa shape index (κ3) is 2.66. The summed E-state index contributed by atoms with van der Waals surface area (Å²) in [6, 6.07) is 4.48. The van der Waals surface area contributed by atoms with Crippen molar-refractivity contribution in [2.45, 2.75) is 25.1 Å². The third-order valence-electron chi connectivity index (χ3n) is 2.30. The topological polar surface area (TPSA) is 60.2 Å². The van der Waals surface area contributed by atoms with Gasteiger partial charge in [-0.15, -0.1) is 0 Å². The zero-order valence-electron chi connectivity index (χ0n) is 9.07. The van der Waals surface area contributed by atoms with Crippen LogP contribution in [0.2, 0.25) is 0 Å². The Morgan fingerprint density at radius 3 is 2.62 bits per heavy atom. The van der Waals surface area contributed by atoms with Gasteiger partial charge in [0.05, 0.1) is 9.75 Å². The van der Waals surface area contributed by atoms with Crippen molar-refractivity contribution >= 4 is 27.4 Å². The standard InChI is InChI=1S/C11H12BrNO3/c1-3-8-6-9(11(14)7(2)12)4-5-10(8)13(15)16/h4-7H,3H2,1-2H3. The summed E-state index contributed by atoms with van der Waals surface area (Å²) in [5, 5.41) is 10.7. The van der Waals surface area contributed by atoms with Gasteiger partial charge in [0.1, 0.15) is 0 Å². The molecule has 0 heterocycles. The van der Waals surface area contributed by atoms with Crippen molar-refractivity contribution in [2.75, 3.05) is 0 Å². The fraction of sp³-hybridized carbons (Fsp3) is 0.364. The Labute approximate surface area is 102 Å². The van der Waals surface area contributed by atoms with Crippen LogP contribution in [0.3, 0.4) is 0 Å². The lowest BCUT2D eigenvalue weighted by Crippen LogP contribution is -2.10. The molecule has 0 fully saturated rings. The minimum atomic E-state index is -0.426. The maximum absolute atomic E-state index is 11.7. The number of aryl methyl sites for hydroxylation is 1. The molecule has 0 aliphatic rings. The van der Waals surface area contributed by atoms with E-state index >= 15 is 0 Å². The summed E-state index contributed by atoms with van der Waals surface area (Å²) in [6.07, 6.45) is 0.536. The van der Waals surface area contributed by atoms with Crippen LogP contribution in [0.4, 0.5) is 5.69 Å². The van der Waals surface area contributed by atoms with E-state index in [0.29, 0.717) is 17.5 Å². The molecule has 0 bridgehead atoms. The largest absolute Gasteiger partial charge is 0.293 e. The van der Waals surface area contributed by atoms with E-state index in [1.807, 2.05) is 6.92 Å². The number of alkyl halides is 1. The average molecular weight is 286 g/mol. The van der Waals surface area contributed by atoms with Gasteiger partial charge in [0.2, 0.25) is 0 Å². The number of nitro benzene ring substituents is 1. The predicted molar refractivity (Wildman–Crippen MR) is 65.2 cm³/mol. The quantitative estimate of drug-likeness (QED) is 0.370. The van der Waals surface area contributed by atoms with E-state index in [-0.39, 0.29) is 16.3 Å². The molecule has 0 aliphatic heterocycles. The van der Waals surface area contributed by atoms with Crippen LogP contribution < -0.4 is 0 Å². The number of ketones is 1. The van der Waals surface area contributed by atoms with Crippen LogP contribution in [0.5, 0.6) is 0 Å². The summed E-state index contributed by atoms with van der Waals surface area (Å²) in [6.45, 7) is 3.56. The summed E-state index contributed by atoms with van der Waals surface area (Å²) < 4.78 is 0. The van der Waals surface area contributed by atoms with Crippen molar-refractivity contribution in [3.05, 3.63) is 39.4 Å². The van der Waals surface area contributed by atoms with E-state index in [0.717, 1.165) is 0 Å². The number of carbonyl (C=O) groups excluding carboxylic acids is 1. The first-order chi connectivity index (χ1) is 7.47. The molecule has 5 heteroatoms. The number of hydrogen-bond donors (Lipinski definition) is 0. The average Bonchev–Trinajstić information content (AvgIpc) is 2.26. The van der Waals surface area contributed by atoms with Crippen molar-refractivity contribution in [3.8, 4) is 0 Å². The highest BCUT2D eigenvalue weighted by molar-refractivity contribution is 9.10. The van der Waals surface area contributed by atoms with Crippen LogP contribution in [0.25, 0.3) is 0 Å². The van der Waals surface area contributed by atoms with Crippen LogP contribution in [0.15, 0.2) is 18.2 Å². The van der Waals surface area contributed by atoms with Crippen molar-refractivity contribution in [1.82, 2.24) is 0 Å². The highest BCUT2D eigenvalue weighted by Crippen LogP contribution is 2.22. The first kappa shape index (κ1) is 12.8. The number of nitro groups is 1. The van der Waals surface area contributed by atoms with Gasteiger partial charge in [-0.1, -0.05) is 22.9 Å².